The van der Waals surface area contributed by atoms with Gasteiger partial charge >= 0.3 is 0 Å². The number of hydrogen-bond donors (Lipinski definition) is 0. The molecule has 2 aliphatic rings. The molecule has 4 heterocycles. The zero-order valence-corrected chi connectivity index (χ0v) is 18.4. The van der Waals surface area contributed by atoms with Crippen molar-refractivity contribution in [2.75, 3.05) is 31.1 Å². The van der Waals surface area contributed by atoms with E-state index in [-0.39, 0.29) is 0 Å². The number of rotatable bonds is 4. The molecule has 0 radical (unpaired) electrons. The highest BCUT2D eigenvalue weighted by molar-refractivity contribution is 5.92. The first-order chi connectivity index (χ1) is 15.9. The number of fused-ring (bicyclic) bond motifs is 3. The van der Waals surface area contributed by atoms with Crippen LogP contribution in [0.2, 0.25) is 0 Å². The molecule has 1 aliphatic heterocycles. The summed E-state index contributed by atoms with van der Waals surface area (Å²) in [5, 5.41) is 10.5. The molecule has 1 saturated carbocycles. The molecule has 1 saturated heterocycles. The summed E-state index contributed by atoms with van der Waals surface area (Å²) >= 11 is 0. The molecule has 0 N–H and O–H groups in total. The van der Waals surface area contributed by atoms with Gasteiger partial charge in [0.2, 0.25) is 5.95 Å². The van der Waals surface area contributed by atoms with Gasteiger partial charge in [-0.3, -0.25) is 9.88 Å². The lowest BCUT2D eigenvalue weighted by molar-refractivity contribution is 0.248. The van der Waals surface area contributed by atoms with Crippen LogP contribution in [0.1, 0.15) is 49.4 Å². The Morgan fingerprint density at radius 3 is 2.53 bits per heavy atom. The first-order valence-corrected chi connectivity index (χ1v) is 11.9. The molecule has 7 heteroatoms. The third-order valence-electron chi connectivity index (χ3n) is 7.01. The third kappa shape index (κ3) is 3.60. The summed E-state index contributed by atoms with van der Waals surface area (Å²) in [7, 11) is 0. The lowest BCUT2D eigenvalue weighted by Crippen LogP contribution is -2.47. The first kappa shape index (κ1) is 19.6. The molecule has 7 nitrogen and oxygen atoms in total. The van der Waals surface area contributed by atoms with Crippen LogP contribution in [0, 0.1) is 0 Å². The van der Waals surface area contributed by atoms with E-state index in [1.807, 2.05) is 18.5 Å². The predicted molar refractivity (Wildman–Crippen MR) is 126 cm³/mol. The van der Waals surface area contributed by atoms with E-state index < -0.39 is 0 Å². The lowest BCUT2D eigenvalue weighted by atomic mass is 9.89. The standard InChI is InChI=1S/C25H29N7/c1-2-8-20(9-3-1)23-28-29-24-21-10-4-5-11-22(21)27-25(32(23)24)31-15-13-30(14-16-31)18-19-7-6-12-26-17-19/h4-7,10-12,17,20H,1-3,8-9,13-16,18H2. The number of piperazine rings is 1. The Morgan fingerprint density at radius 2 is 1.72 bits per heavy atom. The van der Waals surface area contributed by atoms with E-state index in [0.717, 1.165) is 61.0 Å². The number of benzene rings is 1. The monoisotopic (exact) mass is 427 g/mol. The summed E-state index contributed by atoms with van der Waals surface area (Å²) in [6.07, 6.45) is 10.1. The fourth-order valence-electron chi connectivity index (χ4n) is 5.28. The van der Waals surface area contributed by atoms with Gasteiger partial charge in [0, 0.05) is 56.4 Å². The maximum atomic E-state index is 5.14. The second kappa shape index (κ2) is 8.47. The van der Waals surface area contributed by atoms with Crippen molar-refractivity contribution in [3.05, 3.63) is 60.2 Å². The van der Waals surface area contributed by atoms with Crippen molar-refractivity contribution >= 4 is 22.5 Å². The van der Waals surface area contributed by atoms with Crippen molar-refractivity contribution < 1.29 is 0 Å². The van der Waals surface area contributed by atoms with Crippen LogP contribution in [-0.4, -0.2) is 55.6 Å². The van der Waals surface area contributed by atoms with Crippen molar-refractivity contribution in [2.24, 2.45) is 0 Å². The van der Waals surface area contributed by atoms with Gasteiger partial charge in [0.05, 0.1) is 5.52 Å². The van der Waals surface area contributed by atoms with Crippen LogP contribution >= 0.6 is 0 Å². The number of aromatic nitrogens is 5. The van der Waals surface area contributed by atoms with E-state index in [0.29, 0.717) is 5.92 Å². The summed E-state index contributed by atoms with van der Waals surface area (Å²) in [6, 6.07) is 12.5. The van der Waals surface area contributed by atoms with Crippen LogP contribution < -0.4 is 4.90 Å². The zero-order valence-electron chi connectivity index (χ0n) is 18.4. The van der Waals surface area contributed by atoms with Gasteiger partial charge in [-0.2, -0.15) is 0 Å². The molecule has 32 heavy (non-hydrogen) atoms. The third-order valence-corrected chi connectivity index (χ3v) is 7.01. The lowest BCUT2D eigenvalue weighted by Gasteiger charge is -2.35. The Morgan fingerprint density at radius 1 is 0.875 bits per heavy atom. The molecule has 6 rings (SSSR count). The smallest absolute Gasteiger partial charge is 0.213 e. The summed E-state index contributed by atoms with van der Waals surface area (Å²) in [5.41, 5.74) is 3.21. The van der Waals surface area contributed by atoms with Crippen molar-refractivity contribution in [3.8, 4) is 0 Å². The highest BCUT2D eigenvalue weighted by Gasteiger charge is 2.27. The van der Waals surface area contributed by atoms with E-state index in [2.05, 4.69) is 54.6 Å². The van der Waals surface area contributed by atoms with E-state index in [1.54, 1.807) is 0 Å². The van der Waals surface area contributed by atoms with E-state index in [1.165, 1.54) is 37.7 Å². The van der Waals surface area contributed by atoms with Crippen LogP contribution in [0.15, 0.2) is 48.8 Å². The maximum absolute atomic E-state index is 5.14. The molecule has 3 aromatic heterocycles. The fourth-order valence-corrected chi connectivity index (χ4v) is 5.28. The summed E-state index contributed by atoms with van der Waals surface area (Å²) in [6.45, 7) is 4.85. The average molecular weight is 428 g/mol. The summed E-state index contributed by atoms with van der Waals surface area (Å²) < 4.78 is 2.27. The summed E-state index contributed by atoms with van der Waals surface area (Å²) in [5.74, 6) is 2.59. The molecule has 0 atom stereocenters. The van der Waals surface area contributed by atoms with E-state index in [9.17, 15) is 0 Å². The van der Waals surface area contributed by atoms with Crippen LogP contribution in [-0.2, 0) is 6.54 Å². The molecule has 0 unspecified atom stereocenters. The molecule has 0 spiro atoms. The Labute approximate surface area is 188 Å². The zero-order chi connectivity index (χ0) is 21.3. The topological polar surface area (TPSA) is 62.5 Å². The van der Waals surface area contributed by atoms with Gasteiger partial charge in [0.15, 0.2) is 5.65 Å². The van der Waals surface area contributed by atoms with Gasteiger partial charge in [-0.1, -0.05) is 37.5 Å². The van der Waals surface area contributed by atoms with Crippen LogP contribution in [0.4, 0.5) is 5.95 Å². The quantitative estimate of drug-likeness (QED) is 0.490. The molecule has 2 fully saturated rings. The average Bonchev–Trinajstić information content (AvgIpc) is 3.31. The molecule has 1 aliphatic carbocycles. The minimum absolute atomic E-state index is 0.479. The predicted octanol–water partition coefficient (Wildman–Crippen LogP) is 4.04. The van der Waals surface area contributed by atoms with Gasteiger partial charge in [0.25, 0.3) is 0 Å². The fraction of sp³-hybridized carbons (Fsp3) is 0.440. The molecule has 4 aromatic rings. The van der Waals surface area contributed by atoms with Gasteiger partial charge in [0.1, 0.15) is 5.82 Å². The minimum Gasteiger partial charge on any atom is -0.339 e. The summed E-state index contributed by atoms with van der Waals surface area (Å²) in [4.78, 5) is 14.3. The van der Waals surface area contributed by atoms with Gasteiger partial charge < -0.3 is 4.90 Å². The van der Waals surface area contributed by atoms with Crippen molar-refractivity contribution in [1.82, 2.24) is 29.5 Å². The normalized spacial score (nSPS) is 18.6. The number of hydrogen-bond acceptors (Lipinski definition) is 6. The number of anilines is 1. The van der Waals surface area contributed by atoms with Gasteiger partial charge in [-0.15, -0.1) is 10.2 Å². The number of nitrogens with zero attached hydrogens (tertiary/aromatic N) is 7. The molecule has 164 valence electrons. The molecule has 0 amide bonds. The largest absolute Gasteiger partial charge is 0.339 e. The maximum Gasteiger partial charge on any atom is 0.213 e. The number of para-hydroxylation sites is 1. The molecular formula is C25H29N7. The second-order valence-electron chi connectivity index (χ2n) is 9.11. The Hall–Kier alpha value is -3.06. The molecule has 1 aromatic carbocycles. The van der Waals surface area contributed by atoms with Crippen LogP contribution in [0.3, 0.4) is 0 Å². The minimum atomic E-state index is 0.479. The SMILES string of the molecule is c1cncc(CN2CCN(c3nc4ccccc4c4nnc(C5CCCCC5)n34)CC2)c1. The highest BCUT2D eigenvalue weighted by Crippen LogP contribution is 2.34. The van der Waals surface area contributed by atoms with Gasteiger partial charge in [-0.25, -0.2) is 9.38 Å². The van der Waals surface area contributed by atoms with E-state index in [4.69, 9.17) is 10.1 Å². The Bertz CT molecular complexity index is 1210. The van der Waals surface area contributed by atoms with Crippen molar-refractivity contribution in [2.45, 2.75) is 44.6 Å². The number of pyridine rings is 1. The van der Waals surface area contributed by atoms with Crippen molar-refractivity contribution in [3.63, 3.8) is 0 Å². The Balaban J connectivity index is 1.34. The molecular weight excluding hydrogens is 398 g/mol. The molecule has 0 bridgehead atoms. The van der Waals surface area contributed by atoms with Crippen molar-refractivity contribution in [1.29, 1.82) is 0 Å². The first-order valence-electron chi connectivity index (χ1n) is 11.9. The highest BCUT2D eigenvalue weighted by atomic mass is 15.4. The second-order valence-corrected chi connectivity index (χ2v) is 9.11. The van der Waals surface area contributed by atoms with Crippen LogP contribution in [0.5, 0.6) is 0 Å². The van der Waals surface area contributed by atoms with Gasteiger partial charge in [-0.05, 0) is 36.6 Å². The van der Waals surface area contributed by atoms with Crippen LogP contribution in [0.25, 0.3) is 16.6 Å². The Kier molecular flexibility index (Phi) is 5.19. The van der Waals surface area contributed by atoms with E-state index >= 15 is 0 Å².